The van der Waals surface area contributed by atoms with Crippen molar-refractivity contribution in [3.05, 3.63) is 85.5 Å². The molecule has 0 atom stereocenters. The fourth-order valence-electron chi connectivity index (χ4n) is 2.40. The molecule has 0 saturated heterocycles. The molecule has 1 heterocycles. The van der Waals surface area contributed by atoms with Crippen LogP contribution in [0.4, 0.5) is 0 Å². The molecule has 3 aromatic rings. The maximum atomic E-state index is 5.89. The number of hydrogen-bond acceptors (Lipinski definition) is 3. The van der Waals surface area contributed by atoms with E-state index in [0.717, 1.165) is 22.6 Å². The average Bonchev–Trinajstić information content (AvgIpc) is 3.13. The lowest BCUT2D eigenvalue weighted by atomic mass is 10.1. The highest BCUT2D eigenvalue weighted by molar-refractivity contribution is 5.68. The first-order valence-electron chi connectivity index (χ1n) is 7.86. The molecule has 0 spiro atoms. The minimum Gasteiger partial charge on any atom is -0.490 e. The zero-order valence-corrected chi connectivity index (χ0v) is 13.5. The van der Waals surface area contributed by atoms with Crippen molar-refractivity contribution >= 4 is 5.57 Å². The molecule has 0 radical (unpaired) electrons. The smallest absolute Gasteiger partial charge is 0.127 e. The third kappa shape index (κ3) is 4.26. The molecule has 0 unspecified atom stereocenters. The van der Waals surface area contributed by atoms with E-state index in [-0.39, 0.29) is 0 Å². The highest BCUT2D eigenvalue weighted by atomic mass is 16.5. The Bertz CT molecular complexity index is 767. The number of hydrogen-bond donors (Lipinski definition) is 0. The number of para-hydroxylation sites is 2. The van der Waals surface area contributed by atoms with E-state index < -0.39 is 0 Å². The third-order valence-corrected chi connectivity index (χ3v) is 3.55. The van der Waals surface area contributed by atoms with E-state index in [2.05, 4.69) is 11.6 Å². The molecular weight excluding hydrogens is 300 g/mol. The standard InChI is InChI=1S/C20H20N2O2/c1-17(15-22-12-11-21-16-22)19-9-5-6-10-20(19)24-14-13-23-18-7-3-2-4-8-18/h2-12,16H,1,13-15H2. The number of ether oxygens (including phenoxy) is 2. The summed E-state index contributed by atoms with van der Waals surface area (Å²) in [5.41, 5.74) is 1.98. The Hall–Kier alpha value is -3.01. The molecule has 1 aromatic heterocycles. The van der Waals surface area contributed by atoms with Gasteiger partial charge in [-0.3, -0.25) is 0 Å². The van der Waals surface area contributed by atoms with Gasteiger partial charge in [-0.05, 0) is 23.8 Å². The van der Waals surface area contributed by atoms with Crippen LogP contribution in [0.5, 0.6) is 11.5 Å². The molecule has 0 saturated carbocycles. The molecule has 4 heteroatoms. The van der Waals surface area contributed by atoms with Crippen LogP contribution < -0.4 is 9.47 Å². The number of imidazole rings is 1. The van der Waals surface area contributed by atoms with Crippen LogP contribution in [-0.2, 0) is 6.54 Å². The van der Waals surface area contributed by atoms with E-state index in [9.17, 15) is 0 Å². The highest BCUT2D eigenvalue weighted by Gasteiger charge is 2.07. The second kappa shape index (κ2) is 8.02. The van der Waals surface area contributed by atoms with Gasteiger partial charge in [-0.2, -0.15) is 0 Å². The van der Waals surface area contributed by atoms with E-state index in [1.807, 2.05) is 65.4 Å². The predicted molar refractivity (Wildman–Crippen MR) is 95.1 cm³/mol. The zero-order chi connectivity index (χ0) is 16.6. The second-order valence-electron chi connectivity index (χ2n) is 5.34. The maximum absolute atomic E-state index is 5.89. The van der Waals surface area contributed by atoms with Gasteiger partial charge in [-0.25, -0.2) is 4.98 Å². The van der Waals surface area contributed by atoms with E-state index in [4.69, 9.17) is 9.47 Å². The largest absolute Gasteiger partial charge is 0.490 e. The van der Waals surface area contributed by atoms with Crippen LogP contribution in [0.1, 0.15) is 5.56 Å². The highest BCUT2D eigenvalue weighted by Crippen LogP contribution is 2.26. The normalized spacial score (nSPS) is 10.3. The van der Waals surface area contributed by atoms with Gasteiger partial charge in [0.1, 0.15) is 24.7 Å². The Morgan fingerprint density at radius 3 is 2.50 bits per heavy atom. The van der Waals surface area contributed by atoms with E-state index in [1.54, 1.807) is 12.5 Å². The topological polar surface area (TPSA) is 36.3 Å². The lowest BCUT2D eigenvalue weighted by molar-refractivity contribution is 0.217. The van der Waals surface area contributed by atoms with Gasteiger partial charge in [-0.1, -0.05) is 43.0 Å². The minimum absolute atomic E-state index is 0.476. The van der Waals surface area contributed by atoms with Crippen LogP contribution in [0.25, 0.3) is 5.57 Å². The molecule has 0 aliphatic rings. The fraction of sp³-hybridized carbons (Fsp3) is 0.150. The summed E-state index contributed by atoms with van der Waals surface area (Å²) in [6.45, 7) is 5.83. The summed E-state index contributed by atoms with van der Waals surface area (Å²) >= 11 is 0. The Morgan fingerprint density at radius 1 is 0.958 bits per heavy atom. The SMILES string of the molecule is C=C(Cn1ccnc1)c1ccccc1OCCOc1ccccc1. The molecule has 0 fully saturated rings. The first-order valence-corrected chi connectivity index (χ1v) is 7.86. The molecule has 24 heavy (non-hydrogen) atoms. The summed E-state index contributed by atoms with van der Waals surface area (Å²) in [5.74, 6) is 1.66. The molecular formula is C20H20N2O2. The first kappa shape index (κ1) is 15.9. The molecule has 122 valence electrons. The van der Waals surface area contributed by atoms with Crippen molar-refractivity contribution in [1.29, 1.82) is 0 Å². The number of allylic oxidation sites excluding steroid dienone is 1. The molecule has 2 aromatic carbocycles. The monoisotopic (exact) mass is 320 g/mol. The number of aromatic nitrogens is 2. The van der Waals surface area contributed by atoms with E-state index >= 15 is 0 Å². The van der Waals surface area contributed by atoms with Crippen molar-refractivity contribution in [2.75, 3.05) is 13.2 Å². The third-order valence-electron chi connectivity index (χ3n) is 3.55. The Balaban J connectivity index is 1.56. The van der Waals surface area contributed by atoms with Crippen LogP contribution in [0.3, 0.4) is 0 Å². The maximum Gasteiger partial charge on any atom is 0.127 e. The number of rotatable bonds is 8. The molecule has 3 rings (SSSR count). The Labute approximate surface area is 142 Å². The van der Waals surface area contributed by atoms with Gasteiger partial charge in [0.2, 0.25) is 0 Å². The van der Waals surface area contributed by atoms with Gasteiger partial charge in [-0.15, -0.1) is 0 Å². The summed E-state index contributed by atoms with van der Waals surface area (Å²) in [6, 6.07) is 17.7. The van der Waals surface area contributed by atoms with Crippen molar-refractivity contribution in [1.82, 2.24) is 9.55 Å². The van der Waals surface area contributed by atoms with Gasteiger partial charge in [0.25, 0.3) is 0 Å². The van der Waals surface area contributed by atoms with Crippen LogP contribution >= 0.6 is 0 Å². The molecule has 0 aliphatic carbocycles. The molecule has 4 nitrogen and oxygen atoms in total. The summed E-state index contributed by atoms with van der Waals surface area (Å²) in [6.07, 6.45) is 5.46. The van der Waals surface area contributed by atoms with Gasteiger partial charge in [0, 0.05) is 24.5 Å². The predicted octanol–water partition coefficient (Wildman–Crippen LogP) is 4.05. The fourth-order valence-corrected chi connectivity index (χ4v) is 2.40. The summed E-state index contributed by atoms with van der Waals surface area (Å²) < 4.78 is 13.5. The van der Waals surface area contributed by atoms with Crippen LogP contribution in [-0.4, -0.2) is 22.8 Å². The minimum atomic E-state index is 0.476. The van der Waals surface area contributed by atoms with Crippen LogP contribution in [0, 0.1) is 0 Å². The summed E-state index contributed by atoms with van der Waals surface area (Å²) in [7, 11) is 0. The van der Waals surface area contributed by atoms with Crippen molar-refractivity contribution < 1.29 is 9.47 Å². The molecule has 0 amide bonds. The second-order valence-corrected chi connectivity index (χ2v) is 5.34. The van der Waals surface area contributed by atoms with E-state index in [1.165, 1.54) is 0 Å². The first-order chi connectivity index (χ1) is 11.8. The van der Waals surface area contributed by atoms with Gasteiger partial charge in [0.15, 0.2) is 0 Å². The summed E-state index contributed by atoms with van der Waals surface area (Å²) in [4.78, 5) is 4.05. The number of nitrogens with zero attached hydrogens (tertiary/aromatic N) is 2. The van der Waals surface area contributed by atoms with Crippen LogP contribution in [0.15, 0.2) is 79.9 Å². The van der Waals surface area contributed by atoms with Crippen molar-refractivity contribution in [3.63, 3.8) is 0 Å². The van der Waals surface area contributed by atoms with Crippen molar-refractivity contribution in [2.24, 2.45) is 0 Å². The Morgan fingerprint density at radius 2 is 1.71 bits per heavy atom. The van der Waals surface area contributed by atoms with E-state index in [0.29, 0.717) is 19.8 Å². The Kier molecular flexibility index (Phi) is 5.30. The zero-order valence-electron chi connectivity index (χ0n) is 13.5. The quantitative estimate of drug-likeness (QED) is 0.587. The molecule has 0 aliphatic heterocycles. The van der Waals surface area contributed by atoms with Gasteiger partial charge in [0.05, 0.1) is 6.33 Å². The lowest BCUT2D eigenvalue weighted by Gasteiger charge is -2.14. The summed E-state index contributed by atoms with van der Waals surface area (Å²) in [5, 5.41) is 0. The van der Waals surface area contributed by atoms with Crippen molar-refractivity contribution in [2.45, 2.75) is 6.54 Å². The molecule has 0 bridgehead atoms. The molecule has 0 N–H and O–H groups in total. The van der Waals surface area contributed by atoms with Gasteiger partial charge >= 0.3 is 0 Å². The average molecular weight is 320 g/mol. The van der Waals surface area contributed by atoms with Crippen molar-refractivity contribution in [3.8, 4) is 11.5 Å². The lowest BCUT2D eigenvalue weighted by Crippen LogP contribution is -2.10. The van der Waals surface area contributed by atoms with Crippen LogP contribution in [0.2, 0.25) is 0 Å². The number of benzene rings is 2. The van der Waals surface area contributed by atoms with Gasteiger partial charge < -0.3 is 14.0 Å².